The highest BCUT2D eigenvalue weighted by molar-refractivity contribution is 5.35. The second kappa shape index (κ2) is 5.12. The van der Waals surface area contributed by atoms with E-state index in [0.29, 0.717) is 6.04 Å². The Labute approximate surface area is 108 Å². The van der Waals surface area contributed by atoms with Crippen LogP contribution in [0.4, 0.5) is 5.82 Å². The number of hydrogen-bond acceptors (Lipinski definition) is 3. The second-order valence-electron chi connectivity index (χ2n) is 5.86. The van der Waals surface area contributed by atoms with Gasteiger partial charge in [0.25, 0.3) is 5.56 Å². The van der Waals surface area contributed by atoms with Crippen molar-refractivity contribution in [3.63, 3.8) is 0 Å². The molecule has 1 unspecified atom stereocenters. The van der Waals surface area contributed by atoms with Crippen molar-refractivity contribution in [1.82, 2.24) is 9.97 Å². The van der Waals surface area contributed by atoms with Gasteiger partial charge in [-0.3, -0.25) is 4.79 Å². The van der Waals surface area contributed by atoms with Crippen LogP contribution in [0.2, 0.25) is 0 Å². The predicted molar refractivity (Wildman–Crippen MR) is 73.9 cm³/mol. The van der Waals surface area contributed by atoms with Gasteiger partial charge >= 0.3 is 0 Å². The summed E-state index contributed by atoms with van der Waals surface area (Å²) in [5.74, 6) is 1.47. The van der Waals surface area contributed by atoms with Crippen molar-refractivity contribution in [1.29, 1.82) is 0 Å². The maximum Gasteiger partial charge on any atom is 0.252 e. The molecule has 1 atom stereocenters. The third-order valence-electron chi connectivity index (χ3n) is 3.95. The average Bonchev–Trinajstić information content (AvgIpc) is 2.31. The lowest BCUT2D eigenvalue weighted by Gasteiger charge is -2.39. The van der Waals surface area contributed by atoms with Crippen molar-refractivity contribution in [3.8, 4) is 0 Å². The molecule has 100 valence electrons. The minimum absolute atomic E-state index is 0.0713. The molecule has 0 spiro atoms. The Morgan fingerprint density at radius 1 is 1.50 bits per heavy atom. The number of aromatic nitrogens is 2. The Bertz CT molecular complexity index is 464. The van der Waals surface area contributed by atoms with Gasteiger partial charge in [0.2, 0.25) is 0 Å². The largest absolute Gasteiger partial charge is 0.367 e. The van der Waals surface area contributed by atoms with E-state index in [-0.39, 0.29) is 11.0 Å². The van der Waals surface area contributed by atoms with E-state index in [1.165, 1.54) is 19.3 Å². The fourth-order valence-electron chi connectivity index (χ4n) is 2.69. The molecule has 0 aromatic carbocycles. The van der Waals surface area contributed by atoms with Crippen molar-refractivity contribution in [2.24, 2.45) is 5.41 Å². The van der Waals surface area contributed by atoms with Crippen LogP contribution in [-0.4, -0.2) is 16.0 Å². The Morgan fingerprint density at radius 3 is 2.94 bits per heavy atom. The van der Waals surface area contributed by atoms with Crippen molar-refractivity contribution >= 4 is 5.82 Å². The smallest absolute Gasteiger partial charge is 0.252 e. The summed E-state index contributed by atoms with van der Waals surface area (Å²) in [6, 6.07) is 1.97. The monoisotopic (exact) mass is 249 g/mol. The number of nitrogens with one attached hydrogen (secondary N) is 2. The third kappa shape index (κ3) is 2.92. The molecule has 2 N–H and O–H groups in total. The molecule has 1 aromatic heterocycles. The lowest BCUT2D eigenvalue weighted by atomic mass is 9.73. The summed E-state index contributed by atoms with van der Waals surface area (Å²) in [5.41, 5.74) is 0.201. The molecule has 1 aliphatic rings. The normalized spacial score (nSPS) is 22.7. The average molecular weight is 249 g/mol. The van der Waals surface area contributed by atoms with Crippen LogP contribution in [0, 0.1) is 5.41 Å². The van der Waals surface area contributed by atoms with Gasteiger partial charge in [0, 0.05) is 18.5 Å². The number of aryl methyl sites for hydroxylation is 1. The van der Waals surface area contributed by atoms with Crippen LogP contribution >= 0.6 is 0 Å². The van der Waals surface area contributed by atoms with Crippen molar-refractivity contribution in [2.75, 3.05) is 5.32 Å². The predicted octanol–water partition coefficient (Wildman–Crippen LogP) is 2.71. The quantitative estimate of drug-likeness (QED) is 0.866. The molecular weight excluding hydrogens is 226 g/mol. The molecule has 1 aliphatic carbocycles. The molecule has 4 heteroatoms. The SMILES string of the molecule is CCc1nc(NC2CCCCC2(C)C)cc(=O)[nH]1. The molecule has 2 rings (SSSR count). The molecule has 1 aromatic rings. The number of rotatable bonds is 3. The van der Waals surface area contributed by atoms with Gasteiger partial charge in [-0.25, -0.2) is 4.98 Å². The second-order valence-corrected chi connectivity index (χ2v) is 5.86. The summed E-state index contributed by atoms with van der Waals surface area (Å²) < 4.78 is 0. The Kier molecular flexibility index (Phi) is 3.73. The molecule has 1 saturated carbocycles. The Balaban J connectivity index is 2.17. The molecule has 4 nitrogen and oxygen atoms in total. The summed E-state index contributed by atoms with van der Waals surface area (Å²) >= 11 is 0. The first-order chi connectivity index (χ1) is 8.51. The lowest BCUT2D eigenvalue weighted by molar-refractivity contribution is 0.216. The first-order valence-corrected chi connectivity index (χ1v) is 6.88. The van der Waals surface area contributed by atoms with Gasteiger partial charge in [-0.05, 0) is 18.3 Å². The summed E-state index contributed by atoms with van der Waals surface area (Å²) in [6.45, 7) is 6.57. The third-order valence-corrected chi connectivity index (χ3v) is 3.95. The summed E-state index contributed by atoms with van der Waals surface area (Å²) in [5, 5.41) is 3.46. The zero-order chi connectivity index (χ0) is 13.2. The van der Waals surface area contributed by atoms with E-state index in [1.54, 1.807) is 6.07 Å². The highest BCUT2D eigenvalue weighted by Gasteiger charge is 2.32. The number of aromatic amines is 1. The van der Waals surface area contributed by atoms with E-state index in [2.05, 4.69) is 29.1 Å². The van der Waals surface area contributed by atoms with E-state index in [4.69, 9.17) is 0 Å². The van der Waals surface area contributed by atoms with Crippen LogP contribution in [-0.2, 0) is 6.42 Å². The zero-order valence-electron chi connectivity index (χ0n) is 11.5. The van der Waals surface area contributed by atoms with E-state index in [0.717, 1.165) is 24.5 Å². The fourth-order valence-corrected chi connectivity index (χ4v) is 2.69. The summed E-state index contributed by atoms with van der Waals surface area (Å²) in [6.07, 6.45) is 5.69. The van der Waals surface area contributed by atoms with Gasteiger partial charge in [0.05, 0.1) is 0 Å². The molecule has 0 radical (unpaired) electrons. The van der Waals surface area contributed by atoms with Crippen molar-refractivity contribution in [3.05, 3.63) is 22.2 Å². The standard InChI is InChI=1S/C14H23N3O/c1-4-11-16-12(9-13(18)17-11)15-10-7-5-6-8-14(10,2)3/h9-10H,4-8H2,1-3H3,(H2,15,16,17,18). The van der Waals surface area contributed by atoms with Gasteiger partial charge in [-0.1, -0.05) is 33.6 Å². The first kappa shape index (κ1) is 13.1. The number of hydrogen-bond donors (Lipinski definition) is 2. The van der Waals surface area contributed by atoms with Crippen LogP contribution in [0.15, 0.2) is 10.9 Å². The van der Waals surface area contributed by atoms with Crippen molar-refractivity contribution in [2.45, 2.75) is 58.9 Å². The molecule has 1 heterocycles. The van der Waals surface area contributed by atoms with Crippen LogP contribution < -0.4 is 10.9 Å². The van der Waals surface area contributed by atoms with Gasteiger partial charge in [0.15, 0.2) is 0 Å². The van der Waals surface area contributed by atoms with Crippen molar-refractivity contribution < 1.29 is 0 Å². The van der Waals surface area contributed by atoms with Gasteiger partial charge in [0.1, 0.15) is 11.6 Å². The molecule has 0 aliphatic heterocycles. The van der Waals surface area contributed by atoms with Crippen LogP contribution in [0.5, 0.6) is 0 Å². The van der Waals surface area contributed by atoms with E-state index < -0.39 is 0 Å². The number of H-pyrrole nitrogens is 1. The summed E-state index contributed by atoms with van der Waals surface area (Å²) in [4.78, 5) is 18.7. The summed E-state index contributed by atoms with van der Waals surface area (Å²) in [7, 11) is 0. The molecule has 0 amide bonds. The minimum Gasteiger partial charge on any atom is -0.367 e. The maximum atomic E-state index is 11.5. The Morgan fingerprint density at radius 2 is 2.28 bits per heavy atom. The molecule has 1 fully saturated rings. The fraction of sp³-hybridized carbons (Fsp3) is 0.714. The number of anilines is 1. The van der Waals surface area contributed by atoms with Gasteiger partial charge < -0.3 is 10.3 Å². The number of nitrogens with zero attached hydrogens (tertiary/aromatic N) is 1. The maximum absolute atomic E-state index is 11.5. The van der Waals surface area contributed by atoms with Crippen LogP contribution in [0.3, 0.4) is 0 Å². The van der Waals surface area contributed by atoms with Crippen LogP contribution in [0.1, 0.15) is 52.3 Å². The van der Waals surface area contributed by atoms with E-state index in [9.17, 15) is 4.79 Å². The lowest BCUT2D eigenvalue weighted by Crippen LogP contribution is -2.39. The minimum atomic E-state index is -0.0713. The Hall–Kier alpha value is -1.32. The van der Waals surface area contributed by atoms with Gasteiger partial charge in [-0.2, -0.15) is 0 Å². The first-order valence-electron chi connectivity index (χ1n) is 6.88. The highest BCUT2D eigenvalue weighted by Crippen LogP contribution is 2.36. The zero-order valence-corrected chi connectivity index (χ0v) is 11.5. The highest BCUT2D eigenvalue weighted by atomic mass is 16.1. The molecule has 18 heavy (non-hydrogen) atoms. The van der Waals surface area contributed by atoms with Crippen LogP contribution in [0.25, 0.3) is 0 Å². The van der Waals surface area contributed by atoms with E-state index in [1.807, 2.05) is 6.92 Å². The molecule has 0 saturated heterocycles. The van der Waals surface area contributed by atoms with Gasteiger partial charge in [-0.15, -0.1) is 0 Å². The van der Waals surface area contributed by atoms with E-state index >= 15 is 0 Å². The topological polar surface area (TPSA) is 57.8 Å². The molecule has 0 bridgehead atoms. The molecular formula is C14H23N3O.